The summed E-state index contributed by atoms with van der Waals surface area (Å²) in [5, 5.41) is 0.871. The predicted octanol–water partition coefficient (Wildman–Crippen LogP) is 0.901. The van der Waals surface area contributed by atoms with Crippen LogP contribution in [0.5, 0.6) is 0 Å². The van der Waals surface area contributed by atoms with Crippen LogP contribution in [-0.4, -0.2) is 24.0 Å². The molecule has 0 aliphatic carbocycles. The van der Waals surface area contributed by atoms with Crippen LogP contribution in [0.2, 0.25) is 0 Å². The number of nitrogens with one attached hydrogen (secondary N) is 1. The van der Waals surface area contributed by atoms with Gasteiger partial charge in [-0.25, -0.2) is 10.8 Å². The standard InChI is InChI=1S/C9H16N4OS/c1-4-13(5-2)9-11-6(3)7(15-9)8(14)12-10/h4-5,10H2,1-3H3,(H,12,14). The number of hydrazine groups is 1. The number of nitrogen functional groups attached to an aromatic ring is 1. The molecular formula is C9H16N4OS. The average molecular weight is 228 g/mol. The second-order valence-electron chi connectivity index (χ2n) is 3.06. The predicted molar refractivity (Wildman–Crippen MR) is 62.1 cm³/mol. The number of aryl methyl sites for hydroxylation is 1. The van der Waals surface area contributed by atoms with Gasteiger partial charge in [0.15, 0.2) is 5.13 Å². The molecule has 0 aliphatic rings. The molecule has 0 saturated carbocycles. The molecule has 0 saturated heterocycles. The lowest BCUT2D eigenvalue weighted by Gasteiger charge is -2.16. The van der Waals surface area contributed by atoms with Crippen LogP contribution in [-0.2, 0) is 0 Å². The normalized spacial score (nSPS) is 10.1. The summed E-state index contributed by atoms with van der Waals surface area (Å²) in [6.45, 7) is 7.69. The van der Waals surface area contributed by atoms with Crippen molar-refractivity contribution >= 4 is 22.4 Å². The molecule has 6 heteroatoms. The zero-order chi connectivity index (χ0) is 11.4. The lowest BCUT2D eigenvalue weighted by atomic mass is 10.4. The minimum absolute atomic E-state index is 0.275. The van der Waals surface area contributed by atoms with Gasteiger partial charge in [0.1, 0.15) is 4.88 Å². The van der Waals surface area contributed by atoms with Crippen LogP contribution in [0, 0.1) is 6.92 Å². The molecule has 1 aromatic heterocycles. The quantitative estimate of drug-likeness (QED) is 0.456. The molecule has 0 aromatic carbocycles. The Bertz CT molecular complexity index is 346. The number of carbonyl (C=O) groups is 1. The van der Waals surface area contributed by atoms with E-state index in [0.717, 1.165) is 23.9 Å². The molecule has 1 amide bonds. The Balaban J connectivity index is 2.99. The highest BCUT2D eigenvalue weighted by atomic mass is 32.1. The molecule has 1 rings (SSSR count). The highest BCUT2D eigenvalue weighted by Crippen LogP contribution is 2.25. The first-order chi connectivity index (χ1) is 7.13. The molecule has 3 N–H and O–H groups in total. The summed E-state index contributed by atoms with van der Waals surface area (Å²) in [4.78, 5) is 18.4. The number of rotatable bonds is 4. The minimum Gasteiger partial charge on any atom is -0.349 e. The van der Waals surface area contributed by atoms with Gasteiger partial charge >= 0.3 is 0 Å². The molecule has 0 radical (unpaired) electrons. The third-order valence-corrected chi connectivity index (χ3v) is 3.37. The lowest BCUT2D eigenvalue weighted by Crippen LogP contribution is -2.29. The Kier molecular flexibility index (Phi) is 4.05. The van der Waals surface area contributed by atoms with E-state index in [0.29, 0.717) is 4.88 Å². The van der Waals surface area contributed by atoms with Crippen molar-refractivity contribution in [2.24, 2.45) is 5.84 Å². The van der Waals surface area contributed by atoms with E-state index in [-0.39, 0.29) is 5.91 Å². The van der Waals surface area contributed by atoms with E-state index < -0.39 is 0 Å². The van der Waals surface area contributed by atoms with E-state index in [9.17, 15) is 4.79 Å². The summed E-state index contributed by atoms with van der Waals surface area (Å²) in [5.74, 6) is 4.81. The van der Waals surface area contributed by atoms with Crippen molar-refractivity contribution < 1.29 is 4.79 Å². The van der Waals surface area contributed by atoms with Crippen molar-refractivity contribution in [3.63, 3.8) is 0 Å². The van der Waals surface area contributed by atoms with Crippen LogP contribution >= 0.6 is 11.3 Å². The number of aromatic nitrogens is 1. The second-order valence-corrected chi connectivity index (χ2v) is 4.03. The number of hydrogen-bond acceptors (Lipinski definition) is 5. The maximum atomic E-state index is 11.4. The van der Waals surface area contributed by atoms with Crippen molar-refractivity contribution in [1.82, 2.24) is 10.4 Å². The first-order valence-corrected chi connectivity index (χ1v) is 5.69. The third-order valence-electron chi connectivity index (χ3n) is 2.16. The number of thiazole rings is 1. The Morgan fingerprint density at radius 2 is 2.13 bits per heavy atom. The molecule has 0 bridgehead atoms. The molecule has 84 valence electrons. The fraction of sp³-hybridized carbons (Fsp3) is 0.556. The SMILES string of the molecule is CCN(CC)c1nc(C)c(C(=O)NN)s1. The van der Waals surface area contributed by atoms with Gasteiger partial charge in [0, 0.05) is 13.1 Å². The monoisotopic (exact) mass is 228 g/mol. The Morgan fingerprint density at radius 1 is 1.53 bits per heavy atom. The van der Waals surface area contributed by atoms with Crippen LogP contribution in [0.4, 0.5) is 5.13 Å². The number of nitrogens with zero attached hydrogens (tertiary/aromatic N) is 2. The summed E-state index contributed by atoms with van der Waals surface area (Å²) < 4.78 is 0. The number of hydrogen-bond donors (Lipinski definition) is 2. The van der Waals surface area contributed by atoms with Crippen molar-refractivity contribution in [2.75, 3.05) is 18.0 Å². The summed E-state index contributed by atoms with van der Waals surface area (Å²) in [6, 6.07) is 0. The van der Waals surface area contributed by atoms with Crippen LogP contribution in [0.15, 0.2) is 0 Å². The van der Waals surface area contributed by atoms with Gasteiger partial charge in [-0.15, -0.1) is 0 Å². The Hall–Kier alpha value is -1.14. The van der Waals surface area contributed by atoms with Crippen LogP contribution < -0.4 is 16.2 Å². The van der Waals surface area contributed by atoms with E-state index in [4.69, 9.17) is 5.84 Å². The topological polar surface area (TPSA) is 71.2 Å². The van der Waals surface area contributed by atoms with Gasteiger partial charge in [-0.05, 0) is 20.8 Å². The second kappa shape index (κ2) is 5.09. The molecule has 1 heterocycles. The number of nitrogens with two attached hydrogens (primary N) is 1. The van der Waals surface area contributed by atoms with E-state index in [1.807, 2.05) is 6.92 Å². The van der Waals surface area contributed by atoms with Crippen molar-refractivity contribution in [3.05, 3.63) is 10.6 Å². The summed E-state index contributed by atoms with van der Waals surface area (Å²) in [5.41, 5.74) is 2.85. The van der Waals surface area contributed by atoms with Crippen LogP contribution in [0.25, 0.3) is 0 Å². The smallest absolute Gasteiger partial charge is 0.277 e. The summed E-state index contributed by atoms with van der Waals surface area (Å²) >= 11 is 1.37. The largest absolute Gasteiger partial charge is 0.349 e. The summed E-state index contributed by atoms with van der Waals surface area (Å²) in [7, 11) is 0. The third kappa shape index (κ3) is 2.45. The zero-order valence-corrected chi connectivity index (χ0v) is 10.0. The zero-order valence-electron chi connectivity index (χ0n) is 9.20. The molecule has 0 aliphatic heterocycles. The van der Waals surface area contributed by atoms with Gasteiger partial charge in [-0.2, -0.15) is 0 Å². The summed E-state index contributed by atoms with van der Waals surface area (Å²) in [6.07, 6.45) is 0. The van der Waals surface area contributed by atoms with Crippen molar-refractivity contribution in [1.29, 1.82) is 0 Å². The van der Waals surface area contributed by atoms with Gasteiger partial charge in [0.25, 0.3) is 5.91 Å². The molecule has 0 spiro atoms. The van der Waals surface area contributed by atoms with Crippen molar-refractivity contribution in [2.45, 2.75) is 20.8 Å². The fourth-order valence-corrected chi connectivity index (χ4v) is 2.39. The van der Waals surface area contributed by atoms with E-state index in [1.165, 1.54) is 11.3 Å². The highest BCUT2D eigenvalue weighted by molar-refractivity contribution is 7.17. The van der Waals surface area contributed by atoms with Gasteiger partial charge in [-0.3, -0.25) is 10.2 Å². The van der Waals surface area contributed by atoms with Gasteiger partial charge in [-0.1, -0.05) is 11.3 Å². The molecule has 15 heavy (non-hydrogen) atoms. The highest BCUT2D eigenvalue weighted by Gasteiger charge is 2.16. The molecule has 0 fully saturated rings. The fourth-order valence-electron chi connectivity index (χ4n) is 1.29. The van der Waals surface area contributed by atoms with Gasteiger partial charge < -0.3 is 4.90 Å². The number of amides is 1. The molecule has 5 nitrogen and oxygen atoms in total. The molecular weight excluding hydrogens is 212 g/mol. The van der Waals surface area contributed by atoms with Gasteiger partial charge in [0.2, 0.25) is 0 Å². The van der Waals surface area contributed by atoms with Gasteiger partial charge in [0.05, 0.1) is 5.69 Å². The van der Waals surface area contributed by atoms with Crippen LogP contribution in [0.3, 0.4) is 0 Å². The molecule has 0 atom stereocenters. The molecule has 0 unspecified atom stereocenters. The Morgan fingerprint density at radius 3 is 2.60 bits per heavy atom. The van der Waals surface area contributed by atoms with E-state index in [2.05, 4.69) is 29.2 Å². The van der Waals surface area contributed by atoms with E-state index in [1.54, 1.807) is 0 Å². The maximum Gasteiger partial charge on any atom is 0.277 e. The number of anilines is 1. The van der Waals surface area contributed by atoms with E-state index >= 15 is 0 Å². The number of carbonyl (C=O) groups excluding carboxylic acids is 1. The molecule has 1 aromatic rings. The maximum absolute atomic E-state index is 11.4. The van der Waals surface area contributed by atoms with Crippen LogP contribution in [0.1, 0.15) is 29.2 Å². The Labute approximate surface area is 93.3 Å². The average Bonchev–Trinajstić information content (AvgIpc) is 2.61. The van der Waals surface area contributed by atoms with Crippen molar-refractivity contribution in [3.8, 4) is 0 Å². The minimum atomic E-state index is -0.275. The first-order valence-electron chi connectivity index (χ1n) is 4.87. The lowest BCUT2D eigenvalue weighted by molar-refractivity contribution is 0.0957. The first kappa shape index (κ1) is 11.9.